The number of anilines is 1. The predicted octanol–water partition coefficient (Wildman–Crippen LogP) is 4.14. The SMILES string of the molecule is Cc1c(Cc2ccncc2)nnc(NC2=CC=CC(C)C=C2)c1C. The lowest BCUT2D eigenvalue weighted by molar-refractivity contribution is 0.907. The summed E-state index contributed by atoms with van der Waals surface area (Å²) in [6.45, 7) is 6.35. The predicted molar refractivity (Wildman–Crippen MR) is 97.7 cm³/mol. The van der Waals surface area contributed by atoms with Crippen LogP contribution in [-0.2, 0) is 6.42 Å². The van der Waals surface area contributed by atoms with Gasteiger partial charge in [0.1, 0.15) is 0 Å². The topological polar surface area (TPSA) is 50.7 Å². The first-order chi connectivity index (χ1) is 11.6. The summed E-state index contributed by atoms with van der Waals surface area (Å²) >= 11 is 0. The van der Waals surface area contributed by atoms with E-state index in [9.17, 15) is 0 Å². The number of hydrogen-bond donors (Lipinski definition) is 1. The molecule has 0 fully saturated rings. The maximum Gasteiger partial charge on any atom is 0.156 e. The zero-order valence-electron chi connectivity index (χ0n) is 14.3. The molecule has 0 bridgehead atoms. The maximum atomic E-state index is 4.44. The van der Waals surface area contributed by atoms with E-state index in [2.05, 4.69) is 71.6 Å². The van der Waals surface area contributed by atoms with Crippen molar-refractivity contribution in [2.45, 2.75) is 27.2 Å². The van der Waals surface area contributed by atoms with Crippen molar-refractivity contribution in [3.63, 3.8) is 0 Å². The van der Waals surface area contributed by atoms with Crippen molar-refractivity contribution in [3.8, 4) is 0 Å². The van der Waals surface area contributed by atoms with Crippen LogP contribution in [0.2, 0.25) is 0 Å². The monoisotopic (exact) mass is 318 g/mol. The summed E-state index contributed by atoms with van der Waals surface area (Å²) < 4.78 is 0. The molecular weight excluding hydrogens is 296 g/mol. The first-order valence-electron chi connectivity index (χ1n) is 8.19. The summed E-state index contributed by atoms with van der Waals surface area (Å²) in [5.74, 6) is 1.25. The Morgan fingerprint density at radius 2 is 1.83 bits per heavy atom. The van der Waals surface area contributed by atoms with E-state index >= 15 is 0 Å². The Morgan fingerprint density at radius 1 is 1.04 bits per heavy atom. The van der Waals surface area contributed by atoms with E-state index in [4.69, 9.17) is 0 Å². The fourth-order valence-electron chi connectivity index (χ4n) is 2.56. The Bertz CT molecular complexity index is 804. The van der Waals surface area contributed by atoms with Gasteiger partial charge in [-0.25, -0.2) is 0 Å². The number of allylic oxidation sites excluding steroid dienone is 5. The lowest BCUT2D eigenvalue weighted by Crippen LogP contribution is -2.08. The summed E-state index contributed by atoms with van der Waals surface area (Å²) in [6, 6.07) is 4.02. The highest BCUT2D eigenvalue weighted by Crippen LogP contribution is 2.21. The summed E-state index contributed by atoms with van der Waals surface area (Å²) in [4.78, 5) is 4.05. The van der Waals surface area contributed by atoms with E-state index in [0.717, 1.165) is 29.2 Å². The molecule has 24 heavy (non-hydrogen) atoms. The van der Waals surface area contributed by atoms with Crippen molar-refractivity contribution < 1.29 is 0 Å². The molecule has 0 spiro atoms. The van der Waals surface area contributed by atoms with Crippen LogP contribution < -0.4 is 5.32 Å². The van der Waals surface area contributed by atoms with Crippen molar-refractivity contribution in [1.29, 1.82) is 0 Å². The van der Waals surface area contributed by atoms with Gasteiger partial charge in [0.25, 0.3) is 0 Å². The molecule has 0 aromatic carbocycles. The molecule has 3 rings (SSSR count). The Balaban J connectivity index is 1.81. The Labute approximate surface area is 143 Å². The quantitative estimate of drug-likeness (QED) is 0.920. The Morgan fingerprint density at radius 3 is 2.62 bits per heavy atom. The summed E-state index contributed by atoms with van der Waals surface area (Å²) in [6.07, 6.45) is 14.9. The molecule has 1 unspecified atom stereocenters. The minimum absolute atomic E-state index is 0.442. The van der Waals surface area contributed by atoms with Crippen LogP contribution in [0.1, 0.15) is 29.3 Å². The van der Waals surface area contributed by atoms with Gasteiger partial charge in [-0.05, 0) is 60.7 Å². The van der Waals surface area contributed by atoms with Gasteiger partial charge in [-0.15, -0.1) is 5.10 Å². The third-order valence-electron chi connectivity index (χ3n) is 4.27. The van der Waals surface area contributed by atoms with Gasteiger partial charge in [0.2, 0.25) is 0 Å². The zero-order valence-corrected chi connectivity index (χ0v) is 14.3. The van der Waals surface area contributed by atoms with Crippen molar-refractivity contribution in [2.24, 2.45) is 5.92 Å². The van der Waals surface area contributed by atoms with Crippen molar-refractivity contribution in [2.75, 3.05) is 5.32 Å². The first-order valence-corrected chi connectivity index (χ1v) is 8.19. The number of rotatable bonds is 4. The smallest absolute Gasteiger partial charge is 0.156 e. The Hall–Kier alpha value is -2.75. The molecule has 1 N–H and O–H groups in total. The van der Waals surface area contributed by atoms with Gasteiger partial charge in [0.05, 0.1) is 5.69 Å². The van der Waals surface area contributed by atoms with Crippen LogP contribution in [0.3, 0.4) is 0 Å². The molecular formula is C20H22N4. The summed E-state index contributed by atoms with van der Waals surface area (Å²) in [5.41, 5.74) is 5.52. The minimum Gasteiger partial charge on any atom is -0.339 e. The highest BCUT2D eigenvalue weighted by Gasteiger charge is 2.11. The molecule has 0 amide bonds. The molecule has 2 aromatic heterocycles. The van der Waals surface area contributed by atoms with Crippen LogP contribution >= 0.6 is 0 Å². The average molecular weight is 318 g/mol. The standard InChI is InChI=1S/C20H22N4/c1-14-5-4-6-18(8-7-14)22-20-16(3)15(2)19(23-24-20)13-17-9-11-21-12-10-17/h4-12,14H,13H2,1-3H3,(H,22,24). The fraction of sp³-hybridized carbons (Fsp3) is 0.250. The van der Waals surface area contributed by atoms with Gasteiger partial charge >= 0.3 is 0 Å². The lowest BCUT2D eigenvalue weighted by Gasteiger charge is -2.13. The van der Waals surface area contributed by atoms with Gasteiger partial charge < -0.3 is 5.32 Å². The van der Waals surface area contributed by atoms with Crippen LogP contribution in [0.4, 0.5) is 5.82 Å². The van der Waals surface area contributed by atoms with Gasteiger partial charge in [-0.3, -0.25) is 4.98 Å². The van der Waals surface area contributed by atoms with Gasteiger partial charge in [0.15, 0.2) is 5.82 Å². The van der Waals surface area contributed by atoms with Crippen molar-refractivity contribution in [1.82, 2.24) is 15.2 Å². The molecule has 1 aliphatic carbocycles. The molecule has 4 nitrogen and oxygen atoms in total. The van der Waals surface area contributed by atoms with Gasteiger partial charge in [-0.2, -0.15) is 5.10 Å². The van der Waals surface area contributed by atoms with Crippen LogP contribution in [0.15, 0.2) is 60.6 Å². The minimum atomic E-state index is 0.442. The highest BCUT2D eigenvalue weighted by molar-refractivity contribution is 5.54. The average Bonchev–Trinajstić information content (AvgIpc) is 2.80. The molecule has 2 heterocycles. The number of aromatic nitrogens is 3. The van der Waals surface area contributed by atoms with E-state index in [1.165, 1.54) is 11.1 Å². The second kappa shape index (κ2) is 7.21. The number of pyridine rings is 1. The molecule has 0 aliphatic heterocycles. The zero-order chi connectivity index (χ0) is 16.9. The summed E-state index contributed by atoms with van der Waals surface area (Å²) in [5, 5.41) is 12.2. The number of hydrogen-bond acceptors (Lipinski definition) is 4. The van der Waals surface area contributed by atoms with E-state index in [1.807, 2.05) is 12.1 Å². The molecule has 2 aromatic rings. The van der Waals surface area contributed by atoms with Crippen LogP contribution in [0, 0.1) is 19.8 Å². The maximum absolute atomic E-state index is 4.44. The van der Waals surface area contributed by atoms with E-state index < -0.39 is 0 Å². The second-order valence-electron chi connectivity index (χ2n) is 6.13. The van der Waals surface area contributed by atoms with Crippen LogP contribution in [0.5, 0.6) is 0 Å². The molecule has 0 radical (unpaired) electrons. The van der Waals surface area contributed by atoms with E-state index in [1.54, 1.807) is 12.4 Å². The number of nitrogens with zero attached hydrogens (tertiary/aromatic N) is 3. The molecule has 1 atom stereocenters. The van der Waals surface area contributed by atoms with Crippen LogP contribution in [-0.4, -0.2) is 15.2 Å². The largest absolute Gasteiger partial charge is 0.339 e. The van der Waals surface area contributed by atoms with E-state index in [0.29, 0.717) is 5.92 Å². The molecule has 122 valence electrons. The second-order valence-corrected chi connectivity index (χ2v) is 6.13. The number of nitrogens with one attached hydrogen (secondary N) is 1. The normalized spacial score (nSPS) is 16.6. The third-order valence-corrected chi connectivity index (χ3v) is 4.27. The van der Waals surface area contributed by atoms with Crippen LogP contribution in [0.25, 0.3) is 0 Å². The van der Waals surface area contributed by atoms with Gasteiger partial charge in [-0.1, -0.05) is 25.2 Å². The lowest BCUT2D eigenvalue weighted by atomic mass is 10.0. The molecule has 1 aliphatic rings. The van der Waals surface area contributed by atoms with Crippen molar-refractivity contribution >= 4 is 5.82 Å². The first kappa shape index (κ1) is 16.1. The molecule has 0 saturated carbocycles. The third kappa shape index (κ3) is 3.77. The fourth-order valence-corrected chi connectivity index (χ4v) is 2.56. The Kier molecular flexibility index (Phi) is 4.85. The molecule has 4 heteroatoms. The summed E-state index contributed by atoms with van der Waals surface area (Å²) in [7, 11) is 0. The van der Waals surface area contributed by atoms with E-state index in [-0.39, 0.29) is 0 Å². The van der Waals surface area contributed by atoms with Gasteiger partial charge in [0, 0.05) is 24.5 Å². The molecule has 0 saturated heterocycles. The highest BCUT2D eigenvalue weighted by atomic mass is 15.2. The van der Waals surface area contributed by atoms with Crippen molar-refractivity contribution in [3.05, 3.63) is 83.0 Å².